The van der Waals surface area contributed by atoms with Crippen LogP contribution >= 0.6 is 12.2 Å². The second kappa shape index (κ2) is 9.92. The van der Waals surface area contributed by atoms with Gasteiger partial charge in [0.05, 0.1) is 24.6 Å². The van der Waals surface area contributed by atoms with Gasteiger partial charge in [0.2, 0.25) is 0 Å². The van der Waals surface area contributed by atoms with Crippen LogP contribution in [0.15, 0.2) is 53.8 Å². The summed E-state index contributed by atoms with van der Waals surface area (Å²) >= 11 is 5.21. The van der Waals surface area contributed by atoms with Gasteiger partial charge in [-0.15, -0.1) is 6.58 Å². The Balaban J connectivity index is 1.76. The number of fused-ring (bicyclic) bond motifs is 1. The third kappa shape index (κ3) is 4.70. The van der Waals surface area contributed by atoms with E-state index in [1.807, 2.05) is 6.92 Å². The van der Waals surface area contributed by atoms with Crippen molar-refractivity contribution >= 4 is 34.9 Å². The highest BCUT2D eigenvalue weighted by atomic mass is 32.1. The predicted molar refractivity (Wildman–Crippen MR) is 123 cm³/mol. The number of rotatable bonds is 7. The Hall–Kier alpha value is -3.92. The number of methoxy groups -OCH3 is 1. The summed E-state index contributed by atoms with van der Waals surface area (Å²) in [5.41, 5.74) is 5.34. The molecule has 9 nitrogen and oxygen atoms in total. The number of carbonyl (C=O) groups excluding carboxylic acids is 2. The molecule has 2 aromatic carbocycles. The van der Waals surface area contributed by atoms with Gasteiger partial charge in [0.25, 0.3) is 17.4 Å². The molecule has 3 aromatic rings. The third-order valence-electron chi connectivity index (χ3n) is 4.57. The SMILES string of the molecule is C=CCn1c(=S)[nH]c2cc(C(=O)NNC(=O)c3ccc(OCC)c(OC)c3)ccc2c1=O. The Kier molecular flexibility index (Phi) is 7.06. The summed E-state index contributed by atoms with van der Waals surface area (Å²) in [4.78, 5) is 40.4. The minimum atomic E-state index is -0.562. The lowest BCUT2D eigenvalue weighted by Gasteiger charge is -2.12. The van der Waals surface area contributed by atoms with E-state index in [9.17, 15) is 14.4 Å². The molecule has 166 valence electrons. The molecule has 0 saturated carbocycles. The van der Waals surface area contributed by atoms with E-state index in [0.717, 1.165) is 0 Å². The van der Waals surface area contributed by atoms with Crippen LogP contribution in [0.3, 0.4) is 0 Å². The number of hydrogen-bond donors (Lipinski definition) is 3. The Morgan fingerprint density at radius 2 is 1.78 bits per heavy atom. The summed E-state index contributed by atoms with van der Waals surface area (Å²) in [6.07, 6.45) is 1.57. The van der Waals surface area contributed by atoms with E-state index in [0.29, 0.717) is 29.0 Å². The average molecular weight is 455 g/mol. The van der Waals surface area contributed by atoms with Crippen molar-refractivity contribution in [1.29, 1.82) is 0 Å². The molecule has 3 N–H and O–H groups in total. The Morgan fingerprint density at radius 3 is 2.41 bits per heavy atom. The van der Waals surface area contributed by atoms with E-state index >= 15 is 0 Å². The van der Waals surface area contributed by atoms with E-state index in [1.54, 1.807) is 18.2 Å². The van der Waals surface area contributed by atoms with Crippen LogP contribution in [0.2, 0.25) is 0 Å². The summed E-state index contributed by atoms with van der Waals surface area (Å²) in [7, 11) is 1.47. The van der Waals surface area contributed by atoms with Gasteiger partial charge in [-0.05, 0) is 55.5 Å². The van der Waals surface area contributed by atoms with Crippen molar-refractivity contribution in [2.75, 3.05) is 13.7 Å². The van der Waals surface area contributed by atoms with Crippen molar-refractivity contribution < 1.29 is 19.1 Å². The molecule has 0 aliphatic carbocycles. The number of aromatic amines is 1. The highest BCUT2D eigenvalue weighted by Gasteiger charge is 2.14. The van der Waals surface area contributed by atoms with Gasteiger partial charge in [0.15, 0.2) is 16.3 Å². The fourth-order valence-corrected chi connectivity index (χ4v) is 3.30. The van der Waals surface area contributed by atoms with E-state index < -0.39 is 11.8 Å². The lowest BCUT2D eigenvalue weighted by Crippen LogP contribution is -2.41. The molecule has 3 rings (SSSR count). The molecule has 32 heavy (non-hydrogen) atoms. The van der Waals surface area contributed by atoms with Gasteiger partial charge >= 0.3 is 0 Å². The van der Waals surface area contributed by atoms with Crippen LogP contribution in [0.25, 0.3) is 10.9 Å². The number of H-pyrrole nitrogens is 1. The maximum atomic E-state index is 12.6. The van der Waals surface area contributed by atoms with Crippen molar-refractivity contribution in [3.8, 4) is 11.5 Å². The molecule has 0 unspecified atom stereocenters. The first kappa shape index (κ1) is 22.8. The highest BCUT2D eigenvalue weighted by Crippen LogP contribution is 2.27. The maximum Gasteiger partial charge on any atom is 0.269 e. The number of benzene rings is 2. The van der Waals surface area contributed by atoms with Crippen LogP contribution in [0.5, 0.6) is 11.5 Å². The molecule has 0 saturated heterocycles. The molecule has 0 radical (unpaired) electrons. The summed E-state index contributed by atoms with van der Waals surface area (Å²) in [5, 5.41) is 0.377. The summed E-state index contributed by atoms with van der Waals surface area (Å²) in [6.45, 7) is 6.18. The van der Waals surface area contributed by atoms with Crippen LogP contribution < -0.4 is 25.9 Å². The molecule has 1 aromatic heterocycles. The second-order valence-electron chi connectivity index (χ2n) is 6.60. The lowest BCUT2D eigenvalue weighted by molar-refractivity contribution is 0.0846. The minimum absolute atomic E-state index is 0.220. The zero-order valence-electron chi connectivity index (χ0n) is 17.6. The number of ether oxygens (including phenoxy) is 2. The fourth-order valence-electron chi connectivity index (χ4n) is 3.03. The molecular formula is C22H22N4O5S. The number of nitrogens with zero attached hydrogens (tertiary/aromatic N) is 1. The Morgan fingerprint density at radius 1 is 1.12 bits per heavy atom. The molecule has 0 aliphatic rings. The van der Waals surface area contributed by atoms with E-state index in [2.05, 4.69) is 22.4 Å². The number of hydrogen-bond acceptors (Lipinski definition) is 6. The minimum Gasteiger partial charge on any atom is -0.493 e. The largest absolute Gasteiger partial charge is 0.493 e. The molecule has 1 heterocycles. The number of aromatic nitrogens is 2. The van der Waals surface area contributed by atoms with Crippen LogP contribution in [0.4, 0.5) is 0 Å². The topological polar surface area (TPSA) is 114 Å². The molecule has 0 spiro atoms. The van der Waals surface area contributed by atoms with Gasteiger partial charge in [-0.2, -0.15) is 0 Å². The zero-order valence-corrected chi connectivity index (χ0v) is 18.4. The normalized spacial score (nSPS) is 10.4. The molecule has 0 aliphatic heterocycles. The first-order chi connectivity index (χ1) is 15.4. The van der Waals surface area contributed by atoms with Crippen LogP contribution in [0, 0.1) is 4.77 Å². The quantitative estimate of drug-likeness (QED) is 0.287. The predicted octanol–water partition coefficient (Wildman–Crippen LogP) is 2.73. The standard InChI is InChI=1S/C22H22N4O5S/c1-4-10-26-21(29)15-8-6-13(11-16(15)23-22(26)32)19(27)24-25-20(28)14-7-9-17(31-5-2)18(12-14)30-3/h4,6-9,11-12H,1,5,10H2,2-3H3,(H,23,32)(H,24,27)(H,25,28). The highest BCUT2D eigenvalue weighted by molar-refractivity contribution is 7.71. The van der Waals surface area contributed by atoms with E-state index in [1.165, 1.54) is 35.9 Å². The van der Waals surface area contributed by atoms with Gasteiger partial charge < -0.3 is 14.5 Å². The number of allylic oxidation sites excluding steroid dienone is 1. The number of amides is 2. The molecule has 0 atom stereocenters. The third-order valence-corrected chi connectivity index (χ3v) is 4.89. The van der Waals surface area contributed by atoms with Crippen LogP contribution in [-0.4, -0.2) is 35.1 Å². The van der Waals surface area contributed by atoms with Gasteiger partial charge in [-0.1, -0.05) is 6.08 Å². The second-order valence-corrected chi connectivity index (χ2v) is 6.99. The van der Waals surface area contributed by atoms with Crippen LogP contribution in [-0.2, 0) is 6.54 Å². The monoisotopic (exact) mass is 454 g/mol. The summed E-state index contributed by atoms with van der Waals surface area (Å²) < 4.78 is 12.2. The number of hydrazine groups is 1. The Bertz CT molecular complexity index is 1310. The molecular weight excluding hydrogens is 432 g/mol. The zero-order chi connectivity index (χ0) is 23.3. The summed E-state index contributed by atoms with van der Waals surface area (Å²) in [6, 6.07) is 9.18. The first-order valence-corrected chi connectivity index (χ1v) is 10.1. The van der Waals surface area contributed by atoms with E-state index in [-0.39, 0.29) is 28.0 Å². The van der Waals surface area contributed by atoms with Crippen molar-refractivity contribution in [2.24, 2.45) is 0 Å². The van der Waals surface area contributed by atoms with Gasteiger partial charge in [0.1, 0.15) is 0 Å². The number of nitrogens with one attached hydrogen (secondary N) is 3. The molecule has 0 fully saturated rings. The molecule has 2 amide bonds. The average Bonchev–Trinajstić information content (AvgIpc) is 2.80. The summed E-state index contributed by atoms with van der Waals surface area (Å²) in [5.74, 6) is -0.186. The van der Waals surface area contributed by atoms with Gasteiger partial charge in [-0.25, -0.2) is 0 Å². The van der Waals surface area contributed by atoms with Gasteiger partial charge in [-0.3, -0.25) is 29.8 Å². The van der Waals surface area contributed by atoms with Crippen molar-refractivity contribution in [1.82, 2.24) is 20.4 Å². The lowest BCUT2D eigenvalue weighted by atomic mass is 10.1. The first-order valence-electron chi connectivity index (χ1n) is 9.68. The van der Waals surface area contributed by atoms with Crippen molar-refractivity contribution in [2.45, 2.75) is 13.5 Å². The Labute approximate surface area is 188 Å². The molecule has 0 bridgehead atoms. The van der Waals surface area contributed by atoms with E-state index in [4.69, 9.17) is 21.7 Å². The fraction of sp³-hybridized carbons (Fsp3) is 0.182. The maximum absolute atomic E-state index is 12.6. The number of carbonyl (C=O) groups is 2. The van der Waals surface area contributed by atoms with Gasteiger partial charge in [0, 0.05) is 17.7 Å². The van der Waals surface area contributed by atoms with Crippen molar-refractivity contribution in [3.05, 3.63) is 75.3 Å². The van der Waals surface area contributed by atoms with Crippen molar-refractivity contribution in [3.63, 3.8) is 0 Å². The molecule has 10 heteroatoms. The van der Waals surface area contributed by atoms with Crippen LogP contribution in [0.1, 0.15) is 27.6 Å². The smallest absolute Gasteiger partial charge is 0.269 e.